The third kappa shape index (κ3) is 15.3. The third-order valence-electron chi connectivity index (χ3n) is 5.98. The first-order valence-electron chi connectivity index (χ1n) is 11.9. The van der Waals surface area contributed by atoms with Crippen LogP contribution in [0.5, 0.6) is 0 Å². The minimum Gasteiger partial charge on any atom is -0.379 e. The second-order valence-electron chi connectivity index (χ2n) is 9.27. The third-order valence-corrected chi connectivity index (χ3v) is 5.98. The van der Waals surface area contributed by atoms with Crippen LogP contribution in [-0.4, -0.2) is 144 Å². The van der Waals surface area contributed by atoms with Crippen LogP contribution in [-0.2, 0) is 9.53 Å². The van der Waals surface area contributed by atoms with Crippen LogP contribution in [0.15, 0.2) is 0 Å². The van der Waals surface area contributed by atoms with E-state index >= 15 is 0 Å². The Morgan fingerprint density at radius 2 is 0.967 bits per heavy atom. The average molecular weight is 428 g/mol. The zero-order chi connectivity index (χ0) is 22.2. The van der Waals surface area contributed by atoms with Gasteiger partial charge in [-0.2, -0.15) is 0 Å². The van der Waals surface area contributed by atoms with E-state index in [1.54, 1.807) is 0 Å². The zero-order valence-electron chi connectivity index (χ0n) is 20.6. The van der Waals surface area contributed by atoms with Crippen molar-refractivity contribution in [2.24, 2.45) is 0 Å². The van der Waals surface area contributed by atoms with E-state index in [4.69, 9.17) is 4.74 Å². The van der Waals surface area contributed by atoms with Crippen molar-refractivity contribution in [3.05, 3.63) is 0 Å². The Kier molecular flexibility index (Phi) is 15.6. The van der Waals surface area contributed by atoms with Crippen LogP contribution in [0.3, 0.4) is 0 Å². The Bertz CT molecular complexity index is 392. The van der Waals surface area contributed by atoms with E-state index in [0.29, 0.717) is 12.3 Å². The van der Waals surface area contributed by atoms with Crippen molar-refractivity contribution in [3.8, 4) is 0 Å². The second-order valence-corrected chi connectivity index (χ2v) is 9.27. The molecule has 4 rings (SSSR count). The number of ether oxygens (including phenoxy) is 1. The Labute approximate surface area is 186 Å². The summed E-state index contributed by atoms with van der Waals surface area (Å²) in [5, 5.41) is 0. The molecule has 0 aromatic rings. The smallest absolute Gasteiger partial charge is 0.146 e. The zero-order valence-corrected chi connectivity index (χ0v) is 20.6. The molecule has 7 heteroatoms. The predicted octanol–water partition coefficient (Wildman–Crippen LogP) is 1.20. The van der Waals surface area contributed by atoms with Gasteiger partial charge in [-0.15, -0.1) is 0 Å². The lowest BCUT2D eigenvalue weighted by atomic mass is 10.1. The SMILES string of the molecule is CN1CCCC(=O)C1.CN1CCCCC1.CN1CCN(C)CC1.CN1CCOCC1. The lowest BCUT2D eigenvalue weighted by Crippen LogP contribution is -2.42. The molecule has 4 saturated heterocycles. The van der Waals surface area contributed by atoms with Crippen molar-refractivity contribution in [3.63, 3.8) is 0 Å². The Balaban J connectivity index is 0.000000200. The minimum absolute atomic E-state index is 0.388. The number of likely N-dealkylation sites (N-methyl/N-ethyl adjacent to an activating group) is 4. The summed E-state index contributed by atoms with van der Waals surface area (Å²) in [4.78, 5) is 22.1. The Morgan fingerprint density at radius 1 is 0.533 bits per heavy atom. The van der Waals surface area contributed by atoms with Gasteiger partial charge in [0.2, 0.25) is 0 Å². The number of hydrogen-bond acceptors (Lipinski definition) is 7. The maximum absolute atomic E-state index is 10.6. The van der Waals surface area contributed by atoms with Gasteiger partial charge in [-0.3, -0.25) is 9.69 Å². The first-order chi connectivity index (χ1) is 14.4. The van der Waals surface area contributed by atoms with Gasteiger partial charge in [0.05, 0.1) is 19.8 Å². The van der Waals surface area contributed by atoms with E-state index in [-0.39, 0.29) is 0 Å². The van der Waals surface area contributed by atoms with E-state index in [9.17, 15) is 4.79 Å². The van der Waals surface area contributed by atoms with E-state index in [1.165, 1.54) is 58.5 Å². The number of piperidine rings is 2. The summed E-state index contributed by atoms with van der Waals surface area (Å²) in [6.45, 7) is 13.3. The van der Waals surface area contributed by atoms with Gasteiger partial charge < -0.3 is 24.3 Å². The number of hydrogen-bond donors (Lipinski definition) is 0. The highest BCUT2D eigenvalue weighted by Gasteiger charge is 2.11. The molecule has 4 fully saturated rings. The second kappa shape index (κ2) is 17.0. The molecule has 0 atom stereocenters. The highest BCUT2D eigenvalue weighted by atomic mass is 16.5. The summed E-state index contributed by atoms with van der Waals surface area (Å²) in [7, 11) is 10.6. The van der Waals surface area contributed by atoms with Gasteiger partial charge in [0.25, 0.3) is 0 Å². The quantitative estimate of drug-likeness (QED) is 0.575. The number of rotatable bonds is 0. The van der Waals surface area contributed by atoms with Gasteiger partial charge in [-0.05, 0) is 74.1 Å². The summed E-state index contributed by atoms with van der Waals surface area (Å²) in [6.07, 6.45) is 6.12. The molecule has 0 aromatic carbocycles. The summed E-state index contributed by atoms with van der Waals surface area (Å²) < 4.78 is 5.10. The van der Waals surface area contributed by atoms with Crippen LogP contribution in [0.25, 0.3) is 0 Å². The van der Waals surface area contributed by atoms with Crippen molar-refractivity contribution in [1.29, 1.82) is 0 Å². The number of piperazine rings is 1. The van der Waals surface area contributed by atoms with Gasteiger partial charge in [-0.1, -0.05) is 6.42 Å². The van der Waals surface area contributed by atoms with Gasteiger partial charge in [0, 0.05) is 45.7 Å². The van der Waals surface area contributed by atoms with Crippen LogP contribution in [0.4, 0.5) is 0 Å². The van der Waals surface area contributed by atoms with E-state index in [1.807, 2.05) is 7.05 Å². The molecule has 0 saturated carbocycles. The molecular formula is C23H49N5O2. The van der Waals surface area contributed by atoms with Crippen molar-refractivity contribution in [2.45, 2.75) is 32.1 Å². The van der Waals surface area contributed by atoms with Crippen LogP contribution >= 0.6 is 0 Å². The standard InChI is InChI=1S/C6H14N2.C6H11NO.C6H13N.C5H11NO/c1-7-3-5-8(2)6-4-7;1-7-4-2-3-6(8)5-7;1-7-5-3-2-4-6-7;1-6-2-4-7-5-3-6/h3-6H2,1-2H3;2-5H2,1H3;2-6H2,1H3;2-5H2,1H3. The Hall–Kier alpha value is -0.570. The van der Waals surface area contributed by atoms with Crippen LogP contribution < -0.4 is 0 Å². The summed E-state index contributed by atoms with van der Waals surface area (Å²) in [5.41, 5.74) is 0. The fraction of sp³-hybridized carbons (Fsp3) is 0.957. The van der Waals surface area contributed by atoms with E-state index in [0.717, 1.165) is 45.7 Å². The molecule has 0 aliphatic carbocycles. The van der Waals surface area contributed by atoms with Crippen LogP contribution in [0, 0.1) is 0 Å². The number of ketones is 1. The molecule has 4 aliphatic heterocycles. The number of likely N-dealkylation sites (tertiary alicyclic amines) is 2. The average Bonchev–Trinajstić information content (AvgIpc) is 2.73. The van der Waals surface area contributed by atoms with Crippen molar-refractivity contribution in [1.82, 2.24) is 24.5 Å². The molecule has 0 spiro atoms. The predicted molar refractivity (Wildman–Crippen MR) is 126 cm³/mol. The maximum Gasteiger partial charge on any atom is 0.146 e. The Morgan fingerprint density at radius 3 is 1.27 bits per heavy atom. The molecule has 178 valence electrons. The lowest BCUT2D eigenvalue weighted by molar-refractivity contribution is -0.121. The molecular weight excluding hydrogens is 378 g/mol. The molecule has 4 heterocycles. The fourth-order valence-electron chi connectivity index (χ4n) is 3.62. The van der Waals surface area contributed by atoms with E-state index < -0.39 is 0 Å². The summed E-state index contributed by atoms with van der Waals surface area (Å²) in [6, 6.07) is 0. The molecule has 0 bridgehead atoms. The number of Topliss-reactive ketones (excluding diaryl/α,β-unsaturated/α-hetero) is 1. The molecule has 0 radical (unpaired) electrons. The normalized spacial score (nSPS) is 25.2. The molecule has 0 aromatic heterocycles. The number of morpholine rings is 1. The summed E-state index contributed by atoms with van der Waals surface area (Å²) >= 11 is 0. The molecule has 4 aliphatic rings. The van der Waals surface area contributed by atoms with Crippen LogP contribution in [0.2, 0.25) is 0 Å². The molecule has 0 unspecified atom stereocenters. The van der Waals surface area contributed by atoms with Gasteiger partial charge in [0.15, 0.2) is 0 Å². The van der Waals surface area contributed by atoms with Gasteiger partial charge >= 0.3 is 0 Å². The van der Waals surface area contributed by atoms with Gasteiger partial charge in [-0.25, -0.2) is 0 Å². The first kappa shape index (κ1) is 27.5. The topological polar surface area (TPSA) is 42.5 Å². The largest absolute Gasteiger partial charge is 0.379 e. The molecule has 30 heavy (non-hydrogen) atoms. The van der Waals surface area contributed by atoms with Crippen LogP contribution in [0.1, 0.15) is 32.1 Å². The molecule has 0 amide bonds. The lowest BCUT2D eigenvalue weighted by Gasteiger charge is -2.28. The number of nitrogens with zero attached hydrogens (tertiary/aromatic N) is 5. The highest BCUT2D eigenvalue weighted by Crippen LogP contribution is 2.04. The van der Waals surface area contributed by atoms with Crippen molar-refractivity contribution in [2.75, 3.05) is 114 Å². The van der Waals surface area contributed by atoms with Gasteiger partial charge in [0.1, 0.15) is 5.78 Å². The molecule has 7 nitrogen and oxygen atoms in total. The molecule has 0 N–H and O–H groups in total. The van der Waals surface area contributed by atoms with E-state index in [2.05, 4.69) is 52.7 Å². The highest BCUT2D eigenvalue weighted by molar-refractivity contribution is 5.80. The van der Waals surface area contributed by atoms with Crippen molar-refractivity contribution < 1.29 is 9.53 Å². The first-order valence-corrected chi connectivity index (χ1v) is 11.9. The summed E-state index contributed by atoms with van der Waals surface area (Å²) in [5.74, 6) is 0.388. The maximum atomic E-state index is 10.6. The fourth-order valence-corrected chi connectivity index (χ4v) is 3.62. The minimum atomic E-state index is 0.388. The number of carbonyl (C=O) groups is 1. The number of carbonyl (C=O) groups excluding carboxylic acids is 1. The van der Waals surface area contributed by atoms with Crippen molar-refractivity contribution >= 4 is 5.78 Å². The monoisotopic (exact) mass is 427 g/mol.